The number of carbonyl (C=O) groups is 1. The molecule has 168 valence electrons. The van der Waals surface area contributed by atoms with E-state index in [9.17, 15) is 14.8 Å². The number of nitrogens with two attached hydrogens (primary N) is 2. The minimum atomic E-state index is -1.65. The summed E-state index contributed by atoms with van der Waals surface area (Å²) in [7, 11) is -0.0921. The van der Waals surface area contributed by atoms with Crippen LogP contribution in [0.1, 0.15) is 44.6 Å². The number of nitrogens with one attached hydrogen (secondary N) is 1. The fourth-order valence-corrected chi connectivity index (χ4v) is 3.45. The number of para-hydroxylation sites is 1. The third-order valence-electron chi connectivity index (χ3n) is 5.20. The van der Waals surface area contributed by atoms with Crippen molar-refractivity contribution in [1.82, 2.24) is 10.3 Å². The first kappa shape index (κ1) is 24.5. The SMILES string of the molecule is CCC1=CC(C[C@H](NC(=O)CCN(N)/C=C(\N)c2ccccc2OC)B(O)O)=CCC1. The van der Waals surface area contributed by atoms with Gasteiger partial charge in [0.1, 0.15) is 5.75 Å². The molecule has 0 fully saturated rings. The van der Waals surface area contributed by atoms with Crippen LogP contribution in [0.2, 0.25) is 0 Å². The summed E-state index contributed by atoms with van der Waals surface area (Å²) in [5.74, 6) is 5.48. The van der Waals surface area contributed by atoms with Gasteiger partial charge in [0.05, 0.1) is 18.7 Å². The van der Waals surface area contributed by atoms with E-state index in [2.05, 4.69) is 24.4 Å². The van der Waals surface area contributed by atoms with Crippen molar-refractivity contribution in [3.63, 3.8) is 0 Å². The molecule has 7 N–H and O–H groups in total. The summed E-state index contributed by atoms with van der Waals surface area (Å²) in [6.45, 7) is 2.31. The largest absolute Gasteiger partial charge is 0.496 e. The number of methoxy groups -OCH3 is 1. The van der Waals surface area contributed by atoms with Crippen LogP contribution in [0.4, 0.5) is 0 Å². The molecule has 1 aliphatic carbocycles. The van der Waals surface area contributed by atoms with Gasteiger partial charge < -0.3 is 30.8 Å². The molecule has 0 saturated carbocycles. The molecule has 9 heteroatoms. The summed E-state index contributed by atoms with van der Waals surface area (Å²) < 4.78 is 5.29. The smallest absolute Gasteiger partial charge is 0.475 e. The lowest BCUT2D eigenvalue weighted by Crippen LogP contribution is -2.47. The Morgan fingerprint density at radius 3 is 2.81 bits per heavy atom. The summed E-state index contributed by atoms with van der Waals surface area (Å²) >= 11 is 0. The van der Waals surface area contributed by atoms with Crippen LogP contribution >= 0.6 is 0 Å². The first-order valence-corrected chi connectivity index (χ1v) is 10.5. The van der Waals surface area contributed by atoms with E-state index in [-0.39, 0.29) is 18.9 Å². The highest BCUT2D eigenvalue weighted by Gasteiger charge is 2.26. The van der Waals surface area contributed by atoms with E-state index in [1.807, 2.05) is 18.2 Å². The van der Waals surface area contributed by atoms with Gasteiger partial charge in [0, 0.05) is 24.7 Å². The molecule has 1 atom stereocenters. The second kappa shape index (κ2) is 12.2. The Balaban J connectivity index is 1.90. The fourth-order valence-electron chi connectivity index (χ4n) is 3.45. The van der Waals surface area contributed by atoms with Crippen LogP contribution in [-0.4, -0.2) is 47.7 Å². The number of ether oxygens (including phenoxy) is 1. The van der Waals surface area contributed by atoms with Crippen LogP contribution in [0.3, 0.4) is 0 Å². The van der Waals surface area contributed by atoms with E-state index < -0.39 is 13.1 Å². The maximum Gasteiger partial charge on any atom is 0.475 e. The Kier molecular flexibility index (Phi) is 9.65. The molecule has 0 bridgehead atoms. The average molecular weight is 428 g/mol. The second-order valence-electron chi connectivity index (χ2n) is 7.54. The molecule has 1 amide bonds. The molecule has 1 aromatic carbocycles. The number of rotatable bonds is 11. The van der Waals surface area contributed by atoms with Gasteiger partial charge in [-0.05, 0) is 37.8 Å². The van der Waals surface area contributed by atoms with Gasteiger partial charge >= 0.3 is 7.12 Å². The van der Waals surface area contributed by atoms with Crippen LogP contribution in [0.15, 0.2) is 53.8 Å². The van der Waals surface area contributed by atoms with E-state index in [1.165, 1.54) is 16.8 Å². The van der Waals surface area contributed by atoms with Gasteiger partial charge in [0.15, 0.2) is 0 Å². The molecule has 1 aliphatic rings. The van der Waals surface area contributed by atoms with Crippen molar-refractivity contribution in [2.24, 2.45) is 11.6 Å². The maximum absolute atomic E-state index is 12.4. The van der Waals surface area contributed by atoms with E-state index in [4.69, 9.17) is 16.3 Å². The molecule has 0 heterocycles. The predicted molar refractivity (Wildman–Crippen MR) is 123 cm³/mol. The molecule has 31 heavy (non-hydrogen) atoms. The zero-order chi connectivity index (χ0) is 22.8. The zero-order valence-electron chi connectivity index (χ0n) is 18.3. The van der Waals surface area contributed by atoms with Gasteiger partial charge in [0.25, 0.3) is 0 Å². The van der Waals surface area contributed by atoms with E-state index in [0.717, 1.165) is 24.8 Å². The van der Waals surface area contributed by atoms with Gasteiger partial charge in [-0.25, -0.2) is 5.84 Å². The van der Waals surface area contributed by atoms with Crippen molar-refractivity contribution in [2.75, 3.05) is 13.7 Å². The number of nitrogens with zero attached hydrogens (tertiary/aromatic N) is 1. The highest BCUT2D eigenvalue weighted by Crippen LogP contribution is 2.23. The zero-order valence-corrected chi connectivity index (χ0v) is 18.3. The lowest BCUT2D eigenvalue weighted by atomic mass is 9.75. The van der Waals surface area contributed by atoms with Crippen LogP contribution in [0.25, 0.3) is 5.70 Å². The molecule has 0 aromatic heterocycles. The number of benzene rings is 1. The Labute approximate surface area is 184 Å². The normalized spacial score (nSPS) is 14.9. The standard InChI is InChI=1S/C22H33BN4O4/c1-3-16-7-6-8-17(13-16)14-21(23(29)30)26-22(28)11-12-27(25)15-19(24)18-9-4-5-10-20(18)31-2/h4-5,8-10,13,15,21,29-30H,3,6-7,11-12,14,24-25H2,1-2H3,(H,26,28)/b19-15-/t21-/m0/s1. The molecule has 1 aromatic rings. The van der Waals surface area contributed by atoms with Crippen LogP contribution in [0.5, 0.6) is 5.75 Å². The van der Waals surface area contributed by atoms with Crippen LogP contribution in [-0.2, 0) is 4.79 Å². The van der Waals surface area contributed by atoms with Crippen molar-refractivity contribution in [2.45, 2.75) is 45.0 Å². The second-order valence-corrected chi connectivity index (χ2v) is 7.54. The fraction of sp³-hybridized carbons (Fsp3) is 0.409. The number of hydrogen-bond acceptors (Lipinski definition) is 7. The Morgan fingerprint density at radius 2 is 2.13 bits per heavy atom. The molecule has 8 nitrogen and oxygen atoms in total. The van der Waals surface area contributed by atoms with E-state index in [0.29, 0.717) is 23.4 Å². The molecule has 0 unspecified atom stereocenters. The number of hydrogen-bond donors (Lipinski definition) is 5. The minimum Gasteiger partial charge on any atom is -0.496 e. The lowest BCUT2D eigenvalue weighted by Gasteiger charge is -2.21. The maximum atomic E-state index is 12.4. The molecule has 2 rings (SSSR count). The average Bonchev–Trinajstić information content (AvgIpc) is 2.77. The van der Waals surface area contributed by atoms with E-state index >= 15 is 0 Å². The highest BCUT2D eigenvalue weighted by atomic mass is 16.5. The topological polar surface area (TPSA) is 134 Å². The molecule has 0 aliphatic heterocycles. The first-order chi connectivity index (χ1) is 14.8. The summed E-state index contributed by atoms with van der Waals surface area (Å²) in [4.78, 5) is 12.4. The molecular weight excluding hydrogens is 395 g/mol. The summed E-state index contributed by atoms with van der Waals surface area (Å²) in [6, 6.07) is 7.30. The Morgan fingerprint density at radius 1 is 1.39 bits per heavy atom. The van der Waals surface area contributed by atoms with Crippen LogP contribution in [0, 0.1) is 0 Å². The van der Waals surface area contributed by atoms with Gasteiger partial charge in [-0.3, -0.25) is 4.79 Å². The Hall–Kier alpha value is -2.75. The van der Waals surface area contributed by atoms with Crippen molar-refractivity contribution < 1.29 is 19.6 Å². The third kappa shape index (κ3) is 7.78. The minimum absolute atomic E-state index is 0.0739. The number of allylic oxidation sites excluding steroid dienone is 3. The van der Waals surface area contributed by atoms with Gasteiger partial charge in [0.2, 0.25) is 5.91 Å². The van der Waals surface area contributed by atoms with Gasteiger partial charge in [-0.15, -0.1) is 0 Å². The number of amides is 1. The molecule has 0 spiro atoms. The van der Waals surface area contributed by atoms with Crippen molar-refractivity contribution >= 4 is 18.7 Å². The predicted octanol–water partition coefficient (Wildman–Crippen LogP) is 1.46. The summed E-state index contributed by atoms with van der Waals surface area (Å²) in [6.07, 6.45) is 9.05. The number of carbonyl (C=O) groups excluding carboxylic acids is 1. The molecular formula is C22H33BN4O4. The summed E-state index contributed by atoms with van der Waals surface area (Å²) in [5, 5.41) is 23.4. The van der Waals surface area contributed by atoms with Gasteiger partial charge in [-0.2, -0.15) is 0 Å². The van der Waals surface area contributed by atoms with Crippen molar-refractivity contribution in [3.05, 3.63) is 59.3 Å². The number of hydrazine groups is 1. The third-order valence-corrected chi connectivity index (χ3v) is 5.20. The summed E-state index contributed by atoms with van der Waals surface area (Å²) in [5.41, 5.74) is 9.55. The molecule has 0 saturated heterocycles. The monoisotopic (exact) mass is 428 g/mol. The molecule has 0 radical (unpaired) electrons. The van der Waals surface area contributed by atoms with E-state index in [1.54, 1.807) is 13.2 Å². The van der Waals surface area contributed by atoms with Gasteiger partial charge in [-0.1, -0.05) is 42.4 Å². The highest BCUT2D eigenvalue weighted by molar-refractivity contribution is 6.43. The Bertz CT molecular complexity index is 839. The first-order valence-electron chi connectivity index (χ1n) is 10.5. The quantitative estimate of drug-likeness (QED) is 0.205. The van der Waals surface area contributed by atoms with Crippen molar-refractivity contribution in [3.8, 4) is 5.75 Å². The lowest BCUT2D eigenvalue weighted by molar-refractivity contribution is -0.121. The van der Waals surface area contributed by atoms with Crippen molar-refractivity contribution in [1.29, 1.82) is 0 Å². The van der Waals surface area contributed by atoms with Crippen LogP contribution < -0.4 is 21.6 Å².